The number of rotatable bonds is 3. The van der Waals surface area contributed by atoms with Gasteiger partial charge < -0.3 is 10.6 Å². The molecule has 0 unspecified atom stereocenters. The fourth-order valence-electron chi connectivity index (χ4n) is 3.59. The van der Waals surface area contributed by atoms with E-state index in [-0.39, 0.29) is 18.4 Å². The lowest BCUT2D eigenvalue weighted by atomic mass is 9.90. The fourth-order valence-corrected chi connectivity index (χ4v) is 4.24. The lowest BCUT2D eigenvalue weighted by Gasteiger charge is -2.24. The quantitative estimate of drug-likeness (QED) is 0.543. The molecule has 1 aliphatic carbocycles. The molecular formula is C18H22IN3O3. The zero-order valence-electron chi connectivity index (χ0n) is 14.2. The van der Waals surface area contributed by atoms with Crippen LogP contribution in [0.1, 0.15) is 44.1 Å². The summed E-state index contributed by atoms with van der Waals surface area (Å²) >= 11 is 2.21. The summed E-state index contributed by atoms with van der Waals surface area (Å²) in [5.41, 5.74) is 0.839. The molecule has 0 atom stereocenters. The molecule has 1 saturated heterocycles. The first-order valence-electron chi connectivity index (χ1n) is 8.61. The maximum atomic E-state index is 12.8. The number of urea groups is 1. The molecule has 0 bridgehead atoms. The van der Waals surface area contributed by atoms with Crippen molar-refractivity contribution in [1.82, 2.24) is 10.2 Å². The summed E-state index contributed by atoms with van der Waals surface area (Å²) in [4.78, 5) is 38.5. The predicted octanol–water partition coefficient (Wildman–Crippen LogP) is 3.18. The van der Waals surface area contributed by atoms with Gasteiger partial charge in [0.15, 0.2) is 0 Å². The SMILES string of the molecule is Cc1cc(I)ccc1NC(=O)CN1C(=O)NC2(CCCCCC2)C1=O. The van der Waals surface area contributed by atoms with Crippen molar-refractivity contribution < 1.29 is 14.4 Å². The van der Waals surface area contributed by atoms with Crippen molar-refractivity contribution in [3.63, 3.8) is 0 Å². The molecule has 2 aliphatic rings. The molecule has 0 radical (unpaired) electrons. The van der Waals surface area contributed by atoms with Crippen molar-refractivity contribution in [2.75, 3.05) is 11.9 Å². The Morgan fingerprint density at radius 1 is 1.24 bits per heavy atom. The highest BCUT2D eigenvalue weighted by atomic mass is 127. The molecule has 2 fully saturated rings. The van der Waals surface area contributed by atoms with E-state index in [0.29, 0.717) is 18.5 Å². The van der Waals surface area contributed by atoms with Crippen LogP contribution in [0, 0.1) is 10.5 Å². The maximum absolute atomic E-state index is 12.8. The van der Waals surface area contributed by atoms with Gasteiger partial charge in [0.2, 0.25) is 5.91 Å². The van der Waals surface area contributed by atoms with Crippen molar-refractivity contribution in [3.05, 3.63) is 27.3 Å². The number of carbonyl (C=O) groups excluding carboxylic acids is 3. The van der Waals surface area contributed by atoms with Crippen LogP contribution < -0.4 is 10.6 Å². The van der Waals surface area contributed by atoms with Gasteiger partial charge in [0.05, 0.1) is 0 Å². The zero-order chi connectivity index (χ0) is 18.0. The first-order valence-corrected chi connectivity index (χ1v) is 9.69. The largest absolute Gasteiger partial charge is 0.325 e. The van der Waals surface area contributed by atoms with Gasteiger partial charge in [0.1, 0.15) is 12.1 Å². The minimum Gasteiger partial charge on any atom is -0.324 e. The number of aryl methyl sites for hydroxylation is 1. The number of imide groups is 1. The van der Waals surface area contributed by atoms with Gasteiger partial charge in [-0.25, -0.2) is 4.79 Å². The van der Waals surface area contributed by atoms with Crippen molar-refractivity contribution in [2.24, 2.45) is 0 Å². The Hall–Kier alpha value is -1.64. The number of hydrogen-bond donors (Lipinski definition) is 2. The van der Waals surface area contributed by atoms with E-state index in [1.165, 1.54) is 0 Å². The molecule has 25 heavy (non-hydrogen) atoms. The van der Waals surface area contributed by atoms with Crippen LogP contribution in [0.2, 0.25) is 0 Å². The molecule has 6 nitrogen and oxygen atoms in total. The zero-order valence-corrected chi connectivity index (χ0v) is 16.4. The fraction of sp³-hybridized carbons (Fsp3) is 0.500. The molecule has 3 rings (SSSR count). The van der Waals surface area contributed by atoms with Crippen molar-refractivity contribution in [1.29, 1.82) is 0 Å². The molecule has 1 aromatic rings. The molecule has 1 heterocycles. The van der Waals surface area contributed by atoms with Gasteiger partial charge in [-0.05, 0) is 66.1 Å². The van der Waals surface area contributed by atoms with E-state index >= 15 is 0 Å². The number of anilines is 1. The molecule has 7 heteroatoms. The van der Waals surface area contributed by atoms with Gasteiger partial charge in [-0.15, -0.1) is 0 Å². The van der Waals surface area contributed by atoms with Gasteiger partial charge >= 0.3 is 6.03 Å². The number of halogens is 1. The second-order valence-corrected chi connectivity index (χ2v) is 8.07. The highest BCUT2D eigenvalue weighted by Crippen LogP contribution is 2.32. The average Bonchev–Trinajstić information content (AvgIpc) is 2.73. The molecule has 2 N–H and O–H groups in total. The van der Waals surface area contributed by atoms with E-state index in [1.54, 1.807) is 0 Å². The molecule has 134 valence electrons. The van der Waals surface area contributed by atoms with Crippen LogP contribution in [-0.2, 0) is 9.59 Å². The summed E-state index contributed by atoms with van der Waals surface area (Å²) in [7, 11) is 0. The minimum absolute atomic E-state index is 0.252. The number of hydrogen-bond acceptors (Lipinski definition) is 3. The molecular weight excluding hydrogens is 433 g/mol. The van der Waals surface area contributed by atoms with Crippen LogP contribution in [0.5, 0.6) is 0 Å². The summed E-state index contributed by atoms with van der Waals surface area (Å²) in [6.07, 6.45) is 5.33. The Bertz CT molecular complexity index is 712. The second-order valence-electron chi connectivity index (χ2n) is 6.83. The van der Waals surface area contributed by atoms with E-state index < -0.39 is 11.6 Å². The van der Waals surface area contributed by atoms with Crippen molar-refractivity contribution in [3.8, 4) is 0 Å². The van der Waals surface area contributed by atoms with E-state index in [9.17, 15) is 14.4 Å². The van der Waals surface area contributed by atoms with Crippen LogP contribution in [0.4, 0.5) is 10.5 Å². The Labute approximate surface area is 160 Å². The standard InChI is InChI=1S/C18H22IN3O3/c1-12-10-13(19)6-7-14(12)20-15(23)11-22-16(24)18(21-17(22)25)8-4-2-3-5-9-18/h6-7,10H,2-5,8-9,11H2,1H3,(H,20,23)(H,21,25). The lowest BCUT2D eigenvalue weighted by Crippen LogP contribution is -2.47. The van der Waals surface area contributed by atoms with Crippen molar-refractivity contribution in [2.45, 2.75) is 51.0 Å². The number of nitrogens with one attached hydrogen (secondary N) is 2. The van der Waals surface area contributed by atoms with E-state index in [0.717, 1.165) is 39.7 Å². The van der Waals surface area contributed by atoms with Gasteiger partial charge in [0.25, 0.3) is 5.91 Å². The molecule has 1 spiro atoms. The predicted molar refractivity (Wildman–Crippen MR) is 103 cm³/mol. The highest BCUT2D eigenvalue weighted by Gasteiger charge is 2.51. The van der Waals surface area contributed by atoms with Gasteiger partial charge in [-0.1, -0.05) is 25.7 Å². The summed E-state index contributed by atoms with van der Waals surface area (Å²) in [6.45, 7) is 1.66. The Morgan fingerprint density at radius 3 is 2.56 bits per heavy atom. The van der Waals surface area contributed by atoms with E-state index in [1.807, 2.05) is 25.1 Å². The number of carbonyl (C=O) groups is 3. The van der Waals surface area contributed by atoms with Crippen molar-refractivity contribution >= 4 is 46.1 Å². The summed E-state index contributed by atoms with van der Waals surface area (Å²) < 4.78 is 1.08. The van der Waals surface area contributed by atoms with Gasteiger partial charge in [0, 0.05) is 9.26 Å². The van der Waals surface area contributed by atoms with Gasteiger partial charge in [-0.3, -0.25) is 14.5 Å². The highest BCUT2D eigenvalue weighted by molar-refractivity contribution is 14.1. The first kappa shape index (κ1) is 18.2. The summed E-state index contributed by atoms with van der Waals surface area (Å²) in [5, 5.41) is 5.65. The van der Waals surface area contributed by atoms with E-state index in [4.69, 9.17) is 0 Å². The maximum Gasteiger partial charge on any atom is 0.325 e. The smallest absolute Gasteiger partial charge is 0.324 e. The Kier molecular flexibility index (Phi) is 5.31. The number of benzene rings is 1. The molecule has 1 aromatic carbocycles. The molecule has 4 amide bonds. The number of nitrogens with zero attached hydrogens (tertiary/aromatic N) is 1. The van der Waals surface area contributed by atoms with Crippen LogP contribution in [0.3, 0.4) is 0 Å². The lowest BCUT2D eigenvalue weighted by molar-refractivity contribution is -0.134. The molecule has 1 aliphatic heterocycles. The number of amides is 4. The minimum atomic E-state index is -0.799. The van der Waals surface area contributed by atoms with Crippen LogP contribution in [-0.4, -0.2) is 34.8 Å². The first-order chi connectivity index (χ1) is 11.9. The third-order valence-corrected chi connectivity index (χ3v) is 5.64. The van der Waals surface area contributed by atoms with Crippen LogP contribution >= 0.6 is 22.6 Å². The normalized spacial score (nSPS) is 19.7. The summed E-state index contributed by atoms with van der Waals surface area (Å²) in [5.74, 6) is -0.618. The van der Waals surface area contributed by atoms with Crippen LogP contribution in [0.25, 0.3) is 0 Å². The third-order valence-electron chi connectivity index (χ3n) is 4.97. The second kappa shape index (κ2) is 7.31. The van der Waals surface area contributed by atoms with Gasteiger partial charge in [-0.2, -0.15) is 0 Å². The molecule has 1 saturated carbocycles. The summed E-state index contributed by atoms with van der Waals surface area (Å²) in [6, 6.07) is 5.23. The topological polar surface area (TPSA) is 78.5 Å². The monoisotopic (exact) mass is 455 g/mol. The third kappa shape index (κ3) is 3.80. The molecule has 0 aromatic heterocycles. The average molecular weight is 455 g/mol. The van der Waals surface area contributed by atoms with Crippen LogP contribution in [0.15, 0.2) is 18.2 Å². The van der Waals surface area contributed by atoms with E-state index in [2.05, 4.69) is 33.2 Å². The Morgan fingerprint density at radius 2 is 1.92 bits per heavy atom. The Balaban J connectivity index is 1.68.